The van der Waals surface area contributed by atoms with Gasteiger partial charge in [0.15, 0.2) is 0 Å². The number of carboxylic acid groups (broad SMARTS) is 2. The highest BCUT2D eigenvalue weighted by Gasteiger charge is 2.40. The van der Waals surface area contributed by atoms with Crippen LogP contribution in [0, 0.1) is 5.92 Å². The van der Waals surface area contributed by atoms with E-state index in [1.54, 1.807) is 19.9 Å². The standard InChI is InChI=1S/C19H17NO4/c1-10-15(18(21)22)17(16(19(23)24)11(2)20-10)14-8-7-12-5-3-4-6-13(12)9-14/h3-9,15,17H,1-2H3,(H,21,22)(H,23,24). The largest absolute Gasteiger partial charge is 0.481 e. The van der Waals surface area contributed by atoms with Gasteiger partial charge in [0.2, 0.25) is 0 Å². The fourth-order valence-corrected chi connectivity index (χ4v) is 3.40. The van der Waals surface area contributed by atoms with Gasteiger partial charge < -0.3 is 10.2 Å². The Hall–Kier alpha value is -2.95. The molecule has 2 aromatic carbocycles. The van der Waals surface area contributed by atoms with Crippen molar-refractivity contribution in [2.24, 2.45) is 10.9 Å². The Morgan fingerprint density at radius 1 is 1.00 bits per heavy atom. The summed E-state index contributed by atoms with van der Waals surface area (Å²) < 4.78 is 0. The lowest BCUT2D eigenvalue weighted by atomic mass is 9.75. The molecule has 2 atom stereocenters. The van der Waals surface area contributed by atoms with Crippen molar-refractivity contribution < 1.29 is 19.8 Å². The highest BCUT2D eigenvalue weighted by atomic mass is 16.4. The molecule has 0 spiro atoms. The van der Waals surface area contributed by atoms with E-state index in [1.165, 1.54) is 0 Å². The van der Waals surface area contributed by atoms with E-state index in [9.17, 15) is 19.8 Å². The summed E-state index contributed by atoms with van der Waals surface area (Å²) in [5.74, 6) is -3.95. The Morgan fingerprint density at radius 3 is 2.29 bits per heavy atom. The number of carbonyl (C=O) groups is 2. The first-order chi connectivity index (χ1) is 11.4. The van der Waals surface area contributed by atoms with Crippen LogP contribution in [-0.4, -0.2) is 27.9 Å². The summed E-state index contributed by atoms with van der Waals surface area (Å²) in [6, 6.07) is 13.3. The fourth-order valence-electron chi connectivity index (χ4n) is 3.40. The van der Waals surface area contributed by atoms with Crippen molar-refractivity contribution in [2.75, 3.05) is 0 Å². The van der Waals surface area contributed by atoms with E-state index in [0.29, 0.717) is 17.0 Å². The lowest BCUT2D eigenvalue weighted by Crippen LogP contribution is -2.34. The second kappa shape index (κ2) is 5.92. The van der Waals surface area contributed by atoms with Crippen LogP contribution in [0.5, 0.6) is 0 Å². The van der Waals surface area contributed by atoms with Crippen LogP contribution < -0.4 is 0 Å². The lowest BCUT2D eigenvalue weighted by molar-refractivity contribution is -0.140. The van der Waals surface area contributed by atoms with Crippen molar-refractivity contribution in [2.45, 2.75) is 19.8 Å². The molecule has 122 valence electrons. The maximum absolute atomic E-state index is 11.8. The third-order valence-corrected chi connectivity index (χ3v) is 4.46. The minimum Gasteiger partial charge on any atom is -0.481 e. The minimum absolute atomic E-state index is 0.0447. The third kappa shape index (κ3) is 2.58. The SMILES string of the molecule is CC1=NC(C)=C(C(=O)O)C(c2ccc3ccccc3c2)C1C(=O)O. The van der Waals surface area contributed by atoms with Gasteiger partial charge in [0.25, 0.3) is 0 Å². The van der Waals surface area contributed by atoms with Crippen LogP contribution in [0.25, 0.3) is 10.8 Å². The summed E-state index contributed by atoms with van der Waals surface area (Å²) in [5, 5.41) is 21.2. The quantitative estimate of drug-likeness (QED) is 0.905. The van der Waals surface area contributed by atoms with Crippen molar-refractivity contribution in [3.63, 3.8) is 0 Å². The van der Waals surface area contributed by atoms with Gasteiger partial charge in [0, 0.05) is 17.3 Å². The molecule has 3 rings (SSSR count). The maximum atomic E-state index is 11.8. The summed E-state index contributed by atoms with van der Waals surface area (Å²) in [5.41, 5.74) is 1.49. The Kier molecular flexibility index (Phi) is 3.93. The van der Waals surface area contributed by atoms with Crippen molar-refractivity contribution in [1.82, 2.24) is 0 Å². The van der Waals surface area contributed by atoms with Crippen LogP contribution in [-0.2, 0) is 9.59 Å². The smallest absolute Gasteiger partial charge is 0.334 e. The molecule has 5 heteroatoms. The molecule has 1 aliphatic heterocycles. The second-order valence-electron chi connectivity index (χ2n) is 5.96. The first kappa shape index (κ1) is 15.9. The lowest BCUT2D eigenvalue weighted by Gasteiger charge is -2.29. The van der Waals surface area contributed by atoms with Gasteiger partial charge in [-0.05, 0) is 30.2 Å². The first-order valence-electron chi connectivity index (χ1n) is 7.61. The normalized spacial score (nSPS) is 20.8. The Bertz CT molecular complexity index is 910. The summed E-state index contributed by atoms with van der Waals surface area (Å²) >= 11 is 0. The molecular formula is C19H17NO4. The number of hydrogen-bond acceptors (Lipinski definition) is 3. The predicted octanol–water partition coefficient (Wildman–Crippen LogP) is 3.46. The number of carboxylic acids is 2. The number of aliphatic imine (C=N–C) groups is 1. The molecule has 0 saturated carbocycles. The highest BCUT2D eigenvalue weighted by molar-refractivity contribution is 6.06. The van der Waals surface area contributed by atoms with Gasteiger partial charge in [0.1, 0.15) is 5.92 Å². The molecule has 1 heterocycles. The fraction of sp³-hybridized carbons (Fsp3) is 0.211. The van der Waals surface area contributed by atoms with Crippen molar-refractivity contribution in [3.8, 4) is 0 Å². The molecule has 2 N–H and O–H groups in total. The zero-order valence-corrected chi connectivity index (χ0v) is 13.4. The maximum Gasteiger partial charge on any atom is 0.334 e. The van der Waals surface area contributed by atoms with Crippen LogP contribution in [0.15, 0.2) is 58.7 Å². The van der Waals surface area contributed by atoms with Gasteiger partial charge in [-0.3, -0.25) is 9.79 Å². The number of fused-ring (bicyclic) bond motifs is 1. The summed E-state index contributed by atoms with van der Waals surface area (Å²) in [6.45, 7) is 3.24. The second-order valence-corrected chi connectivity index (χ2v) is 5.96. The molecule has 2 unspecified atom stereocenters. The molecule has 0 fully saturated rings. The molecule has 0 aliphatic carbocycles. The average molecular weight is 323 g/mol. The minimum atomic E-state index is -1.13. The molecule has 1 aliphatic rings. The van der Waals surface area contributed by atoms with Gasteiger partial charge in [-0.25, -0.2) is 4.79 Å². The molecule has 24 heavy (non-hydrogen) atoms. The molecule has 0 aromatic heterocycles. The number of aliphatic carboxylic acids is 2. The number of rotatable bonds is 3. The van der Waals surface area contributed by atoms with E-state index in [4.69, 9.17) is 0 Å². The Morgan fingerprint density at radius 2 is 1.67 bits per heavy atom. The Labute approximate surface area is 139 Å². The third-order valence-electron chi connectivity index (χ3n) is 4.46. The van der Waals surface area contributed by atoms with Gasteiger partial charge in [-0.2, -0.15) is 0 Å². The highest BCUT2D eigenvalue weighted by Crippen LogP contribution is 2.39. The summed E-state index contributed by atoms with van der Waals surface area (Å²) in [6.07, 6.45) is 0. The van der Waals surface area contributed by atoms with Gasteiger partial charge in [0.05, 0.1) is 5.57 Å². The van der Waals surface area contributed by atoms with Crippen LogP contribution in [0.1, 0.15) is 25.3 Å². The molecule has 5 nitrogen and oxygen atoms in total. The van der Waals surface area contributed by atoms with Crippen LogP contribution >= 0.6 is 0 Å². The molecule has 2 aromatic rings. The van der Waals surface area contributed by atoms with E-state index in [2.05, 4.69) is 4.99 Å². The number of hydrogen-bond donors (Lipinski definition) is 2. The van der Waals surface area contributed by atoms with E-state index in [0.717, 1.165) is 10.8 Å². The Balaban J connectivity index is 2.24. The van der Waals surface area contributed by atoms with Crippen molar-refractivity contribution >= 4 is 28.4 Å². The predicted molar refractivity (Wildman–Crippen MR) is 91.3 cm³/mol. The zero-order valence-electron chi connectivity index (χ0n) is 13.4. The number of allylic oxidation sites excluding steroid dienone is 1. The molecular weight excluding hydrogens is 306 g/mol. The van der Waals surface area contributed by atoms with Crippen LogP contribution in [0.2, 0.25) is 0 Å². The monoisotopic (exact) mass is 323 g/mol. The zero-order chi connectivity index (χ0) is 17.4. The van der Waals surface area contributed by atoms with Gasteiger partial charge in [-0.15, -0.1) is 0 Å². The molecule has 0 bridgehead atoms. The van der Waals surface area contributed by atoms with Gasteiger partial charge >= 0.3 is 11.9 Å². The topological polar surface area (TPSA) is 87.0 Å². The molecule has 0 radical (unpaired) electrons. The number of nitrogens with zero attached hydrogens (tertiary/aromatic N) is 1. The molecule has 0 amide bonds. The van der Waals surface area contributed by atoms with Gasteiger partial charge in [-0.1, -0.05) is 42.5 Å². The van der Waals surface area contributed by atoms with Crippen molar-refractivity contribution in [1.29, 1.82) is 0 Å². The van der Waals surface area contributed by atoms with Crippen molar-refractivity contribution in [3.05, 3.63) is 59.3 Å². The van der Waals surface area contributed by atoms with E-state index < -0.39 is 23.8 Å². The summed E-state index contributed by atoms with van der Waals surface area (Å²) in [4.78, 5) is 27.7. The average Bonchev–Trinajstić information content (AvgIpc) is 2.52. The molecule has 0 saturated heterocycles. The van der Waals surface area contributed by atoms with E-state index >= 15 is 0 Å². The van der Waals surface area contributed by atoms with E-state index in [1.807, 2.05) is 36.4 Å². The van der Waals surface area contributed by atoms with Crippen LogP contribution in [0.4, 0.5) is 0 Å². The number of benzene rings is 2. The van der Waals surface area contributed by atoms with E-state index in [-0.39, 0.29) is 5.57 Å². The van der Waals surface area contributed by atoms with Crippen LogP contribution in [0.3, 0.4) is 0 Å². The summed E-state index contributed by atoms with van der Waals surface area (Å²) in [7, 11) is 0. The first-order valence-corrected chi connectivity index (χ1v) is 7.61.